The van der Waals surface area contributed by atoms with Crippen molar-refractivity contribution in [3.8, 4) is 0 Å². The second kappa shape index (κ2) is 11.4. The molecule has 2 aromatic carbocycles. The maximum Gasteiger partial charge on any atom is 0.273 e. The lowest BCUT2D eigenvalue weighted by Gasteiger charge is -2.31. The first-order valence-corrected chi connectivity index (χ1v) is 12.7. The van der Waals surface area contributed by atoms with Crippen LogP contribution in [0.25, 0.3) is 0 Å². The van der Waals surface area contributed by atoms with Crippen LogP contribution in [0.2, 0.25) is 0 Å². The number of carbonyl (C=O) groups excluding carboxylic acids is 3. The molecule has 1 aliphatic heterocycles. The minimum absolute atomic E-state index is 0.0273. The van der Waals surface area contributed by atoms with Crippen LogP contribution in [0.15, 0.2) is 54.6 Å². The first-order chi connectivity index (χ1) is 17.8. The van der Waals surface area contributed by atoms with Crippen LogP contribution in [0.5, 0.6) is 0 Å². The SMILES string of the molecule is CN(C)c1ccc([C@H](C(=O)NC[C@H]2CCCO2)N(C(=O)c2snc(C(N)=O)c2N)c2ccccc2)cc1. The van der Waals surface area contributed by atoms with Crippen LogP contribution < -0.4 is 26.6 Å². The van der Waals surface area contributed by atoms with Gasteiger partial charge < -0.3 is 26.4 Å². The van der Waals surface area contributed by atoms with Gasteiger partial charge in [-0.15, -0.1) is 0 Å². The van der Waals surface area contributed by atoms with Crippen LogP contribution in [0.3, 0.4) is 0 Å². The number of hydrogen-bond donors (Lipinski definition) is 3. The summed E-state index contributed by atoms with van der Waals surface area (Å²) < 4.78 is 9.65. The number of rotatable bonds is 9. The zero-order valence-electron chi connectivity index (χ0n) is 20.7. The van der Waals surface area contributed by atoms with Gasteiger partial charge in [0.15, 0.2) is 5.69 Å². The van der Waals surface area contributed by atoms with Crippen molar-refractivity contribution in [2.45, 2.75) is 25.0 Å². The van der Waals surface area contributed by atoms with Crippen molar-refractivity contribution in [2.24, 2.45) is 5.73 Å². The third-order valence-electron chi connectivity index (χ3n) is 6.17. The van der Waals surface area contributed by atoms with Gasteiger partial charge in [-0.2, -0.15) is 4.37 Å². The number of nitrogens with one attached hydrogen (secondary N) is 1. The Hall–Kier alpha value is -3.96. The zero-order valence-corrected chi connectivity index (χ0v) is 21.5. The lowest BCUT2D eigenvalue weighted by molar-refractivity contribution is -0.123. The molecular weight excluding hydrogens is 492 g/mol. The molecule has 0 saturated carbocycles. The second-order valence-electron chi connectivity index (χ2n) is 8.92. The average Bonchev–Trinajstić information content (AvgIpc) is 3.55. The Morgan fingerprint density at radius 3 is 2.38 bits per heavy atom. The van der Waals surface area contributed by atoms with Crippen molar-refractivity contribution >= 4 is 46.3 Å². The summed E-state index contributed by atoms with van der Waals surface area (Å²) in [4.78, 5) is 42.9. The largest absolute Gasteiger partial charge is 0.395 e. The van der Waals surface area contributed by atoms with Gasteiger partial charge in [0.05, 0.1) is 11.8 Å². The number of aromatic nitrogens is 1. The molecule has 3 aromatic rings. The van der Waals surface area contributed by atoms with Crippen LogP contribution in [0.1, 0.15) is 44.6 Å². The van der Waals surface area contributed by atoms with Crippen LogP contribution in [0.4, 0.5) is 17.1 Å². The number of ether oxygens (including phenoxy) is 1. The second-order valence-corrected chi connectivity index (χ2v) is 9.69. The molecular formula is C26H30N6O4S. The number of primary amides is 1. The molecule has 0 radical (unpaired) electrons. The van der Waals surface area contributed by atoms with Gasteiger partial charge in [-0.3, -0.25) is 19.3 Å². The molecule has 0 bridgehead atoms. The number of nitrogen functional groups attached to an aromatic ring is 1. The molecule has 5 N–H and O–H groups in total. The van der Waals surface area contributed by atoms with Crippen molar-refractivity contribution in [1.29, 1.82) is 0 Å². The highest BCUT2D eigenvalue weighted by atomic mass is 32.1. The maximum atomic E-state index is 14.0. The van der Waals surface area contributed by atoms with Crippen molar-refractivity contribution in [3.05, 3.63) is 70.7 Å². The lowest BCUT2D eigenvalue weighted by atomic mass is 10.0. The molecule has 0 unspecified atom stereocenters. The summed E-state index contributed by atoms with van der Waals surface area (Å²) in [6, 6.07) is 15.2. The number of carbonyl (C=O) groups is 3. The Bertz CT molecular complexity index is 1260. The molecule has 10 nitrogen and oxygen atoms in total. The first-order valence-electron chi connectivity index (χ1n) is 11.9. The van der Waals surface area contributed by atoms with Gasteiger partial charge in [0, 0.05) is 38.6 Å². The van der Waals surface area contributed by atoms with Crippen molar-refractivity contribution < 1.29 is 19.1 Å². The molecule has 0 aliphatic carbocycles. The smallest absolute Gasteiger partial charge is 0.273 e. The lowest BCUT2D eigenvalue weighted by Crippen LogP contribution is -2.45. The molecule has 2 atom stereocenters. The first kappa shape index (κ1) is 26.1. The topological polar surface area (TPSA) is 144 Å². The number of para-hydroxylation sites is 1. The molecule has 1 aromatic heterocycles. The normalized spacial score (nSPS) is 15.7. The number of nitrogens with zero attached hydrogens (tertiary/aromatic N) is 3. The summed E-state index contributed by atoms with van der Waals surface area (Å²) in [5.41, 5.74) is 13.2. The third kappa shape index (κ3) is 5.73. The highest BCUT2D eigenvalue weighted by Crippen LogP contribution is 2.33. The Morgan fingerprint density at radius 2 is 1.81 bits per heavy atom. The summed E-state index contributed by atoms with van der Waals surface area (Å²) in [6.45, 7) is 0.994. The number of amides is 3. The van der Waals surface area contributed by atoms with E-state index in [1.807, 2.05) is 49.3 Å². The van der Waals surface area contributed by atoms with Crippen molar-refractivity contribution in [2.75, 3.05) is 42.8 Å². The third-order valence-corrected chi connectivity index (χ3v) is 7.02. The highest BCUT2D eigenvalue weighted by molar-refractivity contribution is 7.09. The van der Waals surface area contributed by atoms with Crippen LogP contribution in [-0.4, -0.2) is 55.4 Å². The van der Waals surface area contributed by atoms with Crippen LogP contribution in [0, 0.1) is 0 Å². The molecule has 194 valence electrons. The predicted molar refractivity (Wildman–Crippen MR) is 144 cm³/mol. The number of benzene rings is 2. The summed E-state index contributed by atoms with van der Waals surface area (Å²) in [5, 5.41) is 2.97. The number of nitrogens with two attached hydrogens (primary N) is 2. The molecule has 11 heteroatoms. The monoisotopic (exact) mass is 522 g/mol. The number of hydrogen-bond acceptors (Lipinski definition) is 8. The highest BCUT2D eigenvalue weighted by Gasteiger charge is 2.36. The van der Waals surface area contributed by atoms with E-state index in [4.69, 9.17) is 16.2 Å². The van der Waals surface area contributed by atoms with Crippen LogP contribution >= 0.6 is 11.5 Å². The molecule has 0 spiro atoms. The minimum Gasteiger partial charge on any atom is -0.395 e. The zero-order chi connectivity index (χ0) is 26.5. The van der Waals surface area contributed by atoms with E-state index in [1.165, 1.54) is 4.90 Å². The summed E-state index contributed by atoms with van der Waals surface area (Å²) >= 11 is 0.775. The summed E-state index contributed by atoms with van der Waals surface area (Å²) in [5.74, 6) is -1.77. The van der Waals surface area contributed by atoms with E-state index in [1.54, 1.807) is 24.3 Å². The Balaban J connectivity index is 1.79. The van der Waals surface area contributed by atoms with E-state index >= 15 is 0 Å². The molecule has 2 heterocycles. The van der Waals surface area contributed by atoms with Crippen molar-refractivity contribution in [1.82, 2.24) is 9.69 Å². The fourth-order valence-electron chi connectivity index (χ4n) is 4.20. The molecule has 1 fully saturated rings. The summed E-state index contributed by atoms with van der Waals surface area (Å²) in [7, 11) is 3.84. The van der Waals surface area contributed by atoms with Gasteiger partial charge in [-0.25, -0.2) is 0 Å². The van der Waals surface area contributed by atoms with E-state index < -0.39 is 17.9 Å². The van der Waals surface area contributed by atoms with Gasteiger partial charge in [0.2, 0.25) is 5.91 Å². The fraction of sp³-hybridized carbons (Fsp3) is 0.308. The van der Waals surface area contributed by atoms with E-state index in [0.29, 0.717) is 24.4 Å². The summed E-state index contributed by atoms with van der Waals surface area (Å²) in [6.07, 6.45) is 1.73. The van der Waals surface area contributed by atoms with Gasteiger partial charge in [-0.05, 0) is 54.2 Å². The van der Waals surface area contributed by atoms with Gasteiger partial charge in [0.1, 0.15) is 10.9 Å². The van der Waals surface area contributed by atoms with Crippen LogP contribution in [-0.2, 0) is 9.53 Å². The Morgan fingerprint density at radius 1 is 1.11 bits per heavy atom. The molecule has 4 rings (SSSR count). The van der Waals surface area contributed by atoms with Crippen molar-refractivity contribution in [3.63, 3.8) is 0 Å². The molecule has 1 saturated heterocycles. The van der Waals surface area contributed by atoms with E-state index in [0.717, 1.165) is 30.1 Å². The van der Waals surface area contributed by atoms with Gasteiger partial charge >= 0.3 is 0 Å². The Labute approximate surface area is 219 Å². The predicted octanol–water partition coefficient (Wildman–Crippen LogP) is 2.57. The molecule has 3 amide bonds. The average molecular weight is 523 g/mol. The maximum absolute atomic E-state index is 14.0. The Kier molecular flexibility index (Phi) is 8.04. The van der Waals surface area contributed by atoms with E-state index in [-0.39, 0.29) is 28.3 Å². The standard InChI is InChI=1S/C26H30N6O4S/c1-31(2)17-12-10-16(11-13-17)22(25(34)29-15-19-9-6-14-36-19)32(18-7-4-3-5-8-18)26(35)23-20(27)21(24(28)33)30-37-23/h3-5,7-8,10-13,19,22H,6,9,14-15,27H2,1-2H3,(H2,28,33)(H,29,34)/t19-,22-/m1/s1. The molecule has 1 aliphatic rings. The fourth-order valence-corrected chi connectivity index (χ4v) is 4.94. The van der Waals surface area contributed by atoms with Gasteiger partial charge in [-0.1, -0.05) is 30.3 Å². The minimum atomic E-state index is -1.04. The van der Waals surface area contributed by atoms with E-state index in [9.17, 15) is 14.4 Å². The van der Waals surface area contributed by atoms with Gasteiger partial charge in [0.25, 0.3) is 11.8 Å². The quantitative estimate of drug-likeness (QED) is 0.392. The number of anilines is 3. The molecule has 37 heavy (non-hydrogen) atoms. The van der Waals surface area contributed by atoms with E-state index in [2.05, 4.69) is 9.69 Å².